The first-order valence-electron chi connectivity index (χ1n) is 10.3. The molecule has 152 valence electrons. The van der Waals surface area contributed by atoms with Crippen LogP contribution >= 0.6 is 0 Å². The number of hydrogen-bond acceptors (Lipinski definition) is 3. The van der Waals surface area contributed by atoms with Crippen LogP contribution in [-0.4, -0.2) is 54.3 Å². The van der Waals surface area contributed by atoms with E-state index < -0.39 is 10.0 Å². The van der Waals surface area contributed by atoms with E-state index in [4.69, 9.17) is 0 Å². The standard InChI is InChI=1S/C20H33N3O3S/c1-21-16-18(27(25,26)23-13-9-6-10-14-23)15-19(21)20(24)22(2)17-11-7-4-3-5-8-12-17/h15-17H,3-14H2,1-2H3. The number of aryl methyl sites for hydroxylation is 1. The molecule has 2 heterocycles. The molecule has 6 nitrogen and oxygen atoms in total. The summed E-state index contributed by atoms with van der Waals surface area (Å²) >= 11 is 0. The van der Waals surface area contributed by atoms with Crippen LogP contribution in [-0.2, 0) is 17.1 Å². The maximum absolute atomic E-state index is 13.1. The molecule has 1 saturated heterocycles. The summed E-state index contributed by atoms with van der Waals surface area (Å²) < 4.78 is 29.1. The predicted molar refractivity (Wildman–Crippen MR) is 106 cm³/mol. The van der Waals surface area contributed by atoms with Crippen molar-refractivity contribution in [3.63, 3.8) is 0 Å². The number of carbonyl (C=O) groups is 1. The van der Waals surface area contributed by atoms with Crippen molar-refractivity contribution in [3.05, 3.63) is 18.0 Å². The summed E-state index contributed by atoms with van der Waals surface area (Å²) in [6.07, 6.45) is 12.6. The molecule has 27 heavy (non-hydrogen) atoms. The number of aromatic nitrogens is 1. The summed E-state index contributed by atoms with van der Waals surface area (Å²) in [7, 11) is 0.103. The zero-order valence-electron chi connectivity index (χ0n) is 16.7. The lowest BCUT2D eigenvalue weighted by molar-refractivity contribution is 0.0697. The number of sulfonamides is 1. The molecule has 2 fully saturated rings. The minimum Gasteiger partial charge on any atom is -0.345 e. The first-order valence-corrected chi connectivity index (χ1v) is 11.8. The Labute approximate surface area is 163 Å². The number of carbonyl (C=O) groups excluding carboxylic acids is 1. The maximum Gasteiger partial charge on any atom is 0.270 e. The van der Waals surface area contributed by atoms with E-state index in [9.17, 15) is 13.2 Å². The molecule has 0 bridgehead atoms. The fourth-order valence-corrected chi connectivity index (χ4v) is 5.90. The summed E-state index contributed by atoms with van der Waals surface area (Å²) in [4.78, 5) is 15.1. The van der Waals surface area contributed by atoms with Gasteiger partial charge in [0.25, 0.3) is 5.91 Å². The van der Waals surface area contributed by atoms with Crippen molar-refractivity contribution in [2.45, 2.75) is 75.1 Å². The molecular formula is C20H33N3O3S. The Balaban J connectivity index is 1.77. The van der Waals surface area contributed by atoms with Gasteiger partial charge in [-0.15, -0.1) is 0 Å². The third kappa shape index (κ3) is 4.57. The van der Waals surface area contributed by atoms with Crippen LogP contribution in [0, 0.1) is 0 Å². The van der Waals surface area contributed by atoms with Gasteiger partial charge in [-0.05, 0) is 31.7 Å². The molecule has 1 aromatic rings. The summed E-state index contributed by atoms with van der Waals surface area (Å²) in [5, 5.41) is 0. The molecule has 7 heteroatoms. The average Bonchev–Trinajstić information content (AvgIpc) is 3.03. The molecule has 0 aromatic carbocycles. The molecule has 0 spiro atoms. The second-order valence-corrected chi connectivity index (χ2v) is 9.99. The van der Waals surface area contributed by atoms with Crippen LogP contribution in [0.25, 0.3) is 0 Å². The van der Waals surface area contributed by atoms with Crippen molar-refractivity contribution in [2.24, 2.45) is 7.05 Å². The number of amides is 1. The molecule has 1 aliphatic carbocycles. The van der Waals surface area contributed by atoms with E-state index in [2.05, 4.69) is 0 Å². The highest BCUT2D eigenvalue weighted by molar-refractivity contribution is 7.89. The van der Waals surface area contributed by atoms with Gasteiger partial charge in [-0.25, -0.2) is 8.42 Å². The molecular weight excluding hydrogens is 362 g/mol. The fourth-order valence-electron chi connectivity index (χ4n) is 4.31. The van der Waals surface area contributed by atoms with Gasteiger partial charge >= 0.3 is 0 Å². The molecule has 0 N–H and O–H groups in total. The Kier molecular flexibility index (Phi) is 6.63. The number of rotatable bonds is 4. The Morgan fingerprint density at radius 2 is 1.56 bits per heavy atom. The second-order valence-electron chi connectivity index (χ2n) is 8.05. The van der Waals surface area contributed by atoms with Gasteiger partial charge in [-0.2, -0.15) is 4.31 Å². The maximum atomic E-state index is 13.1. The topological polar surface area (TPSA) is 62.6 Å². The van der Waals surface area contributed by atoms with E-state index in [-0.39, 0.29) is 16.8 Å². The van der Waals surface area contributed by atoms with E-state index in [1.165, 1.54) is 19.3 Å². The molecule has 1 amide bonds. The zero-order valence-corrected chi connectivity index (χ0v) is 17.5. The van der Waals surface area contributed by atoms with Crippen LogP contribution in [0.3, 0.4) is 0 Å². The summed E-state index contributed by atoms with van der Waals surface area (Å²) in [6, 6.07) is 1.81. The van der Waals surface area contributed by atoms with Crippen molar-refractivity contribution >= 4 is 15.9 Å². The SMILES string of the molecule is CN(C(=O)c1cc(S(=O)(=O)N2CCCCC2)cn1C)C1CCCCCCC1. The molecule has 1 aliphatic heterocycles. The molecule has 1 saturated carbocycles. The van der Waals surface area contributed by atoms with Crippen molar-refractivity contribution in [3.8, 4) is 0 Å². The third-order valence-corrected chi connectivity index (χ3v) is 7.96. The van der Waals surface area contributed by atoms with Gasteiger partial charge in [0.1, 0.15) is 10.6 Å². The summed E-state index contributed by atoms with van der Waals surface area (Å²) in [6.45, 7) is 1.14. The van der Waals surface area contributed by atoms with Crippen LogP contribution in [0.4, 0.5) is 0 Å². The predicted octanol–water partition coefficient (Wildman–Crippen LogP) is 3.38. The molecule has 0 radical (unpaired) electrons. The molecule has 3 rings (SSSR count). The average molecular weight is 396 g/mol. The van der Waals surface area contributed by atoms with E-state index in [0.29, 0.717) is 18.8 Å². The lowest BCUT2D eigenvalue weighted by Gasteiger charge is -2.29. The monoisotopic (exact) mass is 395 g/mol. The minimum absolute atomic E-state index is 0.0804. The lowest BCUT2D eigenvalue weighted by Crippen LogP contribution is -2.38. The normalized spacial score (nSPS) is 20.8. The molecule has 0 unspecified atom stereocenters. The lowest BCUT2D eigenvalue weighted by atomic mass is 9.95. The van der Waals surface area contributed by atoms with Crippen LogP contribution in [0.2, 0.25) is 0 Å². The van der Waals surface area contributed by atoms with Gasteiger partial charge in [0, 0.05) is 39.4 Å². The van der Waals surface area contributed by atoms with E-state index in [1.54, 1.807) is 28.2 Å². The minimum atomic E-state index is -3.52. The first-order chi connectivity index (χ1) is 12.9. The molecule has 1 aromatic heterocycles. The number of hydrogen-bond donors (Lipinski definition) is 0. The van der Waals surface area contributed by atoms with Crippen molar-refractivity contribution in [1.82, 2.24) is 13.8 Å². The van der Waals surface area contributed by atoms with Crippen molar-refractivity contribution in [2.75, 3.05) is 20.1 Å². The highest BCUT2D eigenvalue weighted by Gasteiger charge is 2.30. The third-order valence-electron chi connectivity index (χ3n) is 6.09. The highest BCUT2D eigenvalue weighted by Crippen LogP contribution is 2.25. The smallest absolute Gasteiger partial charge is 0.270 e. The Hall–Kier alpha value is -1.34. The van der Waals surface area contributed by atoms with Gasteiger partial charge < -0.3 is 9.47 Å². The summed E-state index contributed by atoms with van der Waals surface area (Å²) in [5.41, 5.74) is 0.454. The molecule has 2 aliphatic rings. The van der Waals surface area contributed by atoms with Crippen LogP contribution in [0.15, 0.2) is 17.2 Å². The first kappa shape index (κ1) is 20.4. The van der Waals surface area contributed by atoms with Gasteiger partial charge in [-0.3, -0.25) is 4.79 Å². The van der Waals surface area contributed by atoms with Gasteiger partial charge in [0.15, 0.2) is 0 Å². The van der Waals surface area contributed by atoms with E-state index >= 15 is 0 Å². The Bertz CT molecular complexity index is 743. The number of nitrogens with zero attached hydrogens (tertiary/aromatic N) is 3. The van der Waals surface area contributed by atoms with Crippen LogP contribution in [0.1, 0.15) is 74.7 Å². The largest absolute Gasteiger partial charge is 0.345 e. The fraction of sp³-hybridized carbons (Fsp3) is 0.750. The van der Waals surface area contributed by atoms with E-state index in [0.717, 1.165) is 44.9 Å². The van der Waals surface area contributed by atoms with Crippen molar-refractivity contribution in [1.29, 1.82) is 0 Å². The van der Waals surface area contributed by atoms with Crippen LogP contribution in [0.5, 0.6) is 0 Å². The Morgan fingerprint density at radius 3 is 2.19 bits per heavy atom. The van der Waals surface area contributed by atoms with Gasteiger partial charge in [0.2, 0.25) is 10.0 Å². The quantitative estimate of drug-likeness (QED) is 0.785. The van der Waals surface area contributed by atoms with Gasteiger partial charge in [-0.1, -0.05) is 38.5 Å². The zero-order chi connectivity index (χ0) is 19.4. The second kappa shape index (κ2) is 8.78. The van der Waals surface area contributed by atoms with E-state index in [1.807, 2.05) is 11.9 Å². The summed E-state index contributed by atoms with van der Waals surface area (Å²) in [5.74, 6) is -0.0804. The van der Waals surface area contributed by atoms with Crippen molar-refractivity contribution < 1.29 is 13.2 Å². The molecule has 0 atom stereocenters. The van der Waals surface area contributed by atoms with Gasteiger partial charge in [0.05, 0.1) is 0 Å². The van der Waals surface area contributed by atoms with Crippen LogP contribution < -0.4 is 0 Å². The number of piperidine rings is 1. The Morgan fingerprint density at radius 1 is 1.00 bits per heavy atom. The highest BCUT2D eigenvalue weighted by atomic mass is 32.2.